The molecule has 0 saturated carbocycles. The summed E-state index contributed by atoms with van der Waals surface area (Å²) in [6, 6.07) is 17.3. The fourth-order valence-corrected chi connectivity index (χ4v) is 6.07. The lowest BCUT2D eigenvalue weighted by atomic mass is 10.2. The summed E-state index contributed by atoms with van der Waals surface area (Å²) in [5, 5.41) is 2.88. The van der Waals surface area contributed by atoms with Crippen molar-refractivity contribution in [1.82, 2.24) is 9.62 Å². The van der Waals surface area contributed by atoms with Crippen LogP contribution in [0.5, 0.6) is 11.5 Å². The molecule has 1 amide bonds. The molecule has 1 aliphatic rings. The summed E-state index contributed by atoms with van der Waals surface area (Å²) in [7, 11) is -1.44. The first-order chi connectivity index (χ1) is 17.0. The highest BCUT2D eigenvalue weighted by molar-refractivity contribution is 7.98. The van der Waals surface area contributed by atoms with Crippen LogP contribution in [0.2, 0.25) is 0 Å². The van der Waals surface area contributed by atoms with Gasteiger partial charge in [-0.15, -0.1) is 0 Å². The number of amides is 1. The van der Waals surface area contributed by atoms with Crippen LogP contribution in [0.3, 0.4) is 0 Å². The fourth-order valence-electron chi connectivity index (χ4n) is 4.02. The van der Waals surface area contributed by atoms with E-state index in [2.05, 4.69) is 11.2 Å². The van der Waals surface area contributed by atoms with Crippen molar-refractivity contribution in [2.24, 2.45) is 0 Å². The molecule has 1 aliphatic heterocycles. The zero-order valence-electron chi connectivity index (χ0n) is 19.3. The van der Waals surface area contributed by atoms with Crippen molar-refractivity contribution in [2.75, 3.05) is 6.54 Å². The second-order valence-corrected chi connectivity index (χ2v) is 11.5. The predicted molar refractivity (Wildman–Crippen MR) is 138 cm³/mol. The zero-order valence-corrected chi connectivity index (χ0v) is 21.3. The molecule has 190 valence electrons. The van der Waals surface area contributed by atoms with Crippen LogP contribution >= 0.6 is 9.24 Å². The number of carbonyl (C=O) groups is 1. The van der Waals surface area contributed by atoms with Crippen molar-refractivity contribution in [3.8, 4) is 11.5 Å². The van der Waals surface area contributed by atoms with Crippen molar-refractivity contribution >= 4 is 30.7 Å². The summed E-state index contributed by atoms with van der Waals surface area (Å²) in [5.41, 5.74) is -2.41. The maximum atomic E-state index is 13.5. The molecule has 10 heteroatoms. The van der Waals surface area contributed by atoms with Gasteiger partial charge in [0.15, 0.2) is 0 Å². The third-order valence-electron chi connectivity index (χ3n) is 5.91. The number of rotatable bonds is 8. The van der Waals surface area contributed by atoms with Crippen molar-refractivity contribution in [2.45, 2.75) is 36.0 Å². The van der Waals surface area contributed by atoms with E-state index in [4.69, 9.17) is 4.74 Å². The van der Waals surface area contributed by atoms with Crippen LogP contribution in [-0.2, 0) is 26.7 Å². The molecule has 3 atom stereocenters. The lowest BCUT2D eigenvalue weighted by Gasteiger charge is -2.27. The van der Waals surface area contributed by atoms with E-state index < -0.39 is 27.2 Å². The minimum atomic E-state index is -3.05. The van der Waals surface area contributed by atoms with Crippen LogP contribution in [0.15, 0.2) is 77.7 Å². The van der Waals surface area contributed by atoms with Gasteiger partial charge >= 0.3 is 0 Å². The number of benzene rings is 3. The Hall–Kier alpha value is -2.87. The first-order valence-electron chi connectivity index (χ1n) is 11.3. The van der Waals surface area contributed by atoms with Crippen LogP contribution in [0.4, 0.5) is 13.2 Å². The molecule has 1 fully saturated rings. The van der Waals surface area contributed by atoms with E-state index in [0.717, 1.165) is 5.56 Å². The van der Waals surface area contributed by atoms with E-state index in [1.54, 1.807) is 34.6 Å². The Balaban J connectivity index is 1.37. The summed E-state index contributed by atoms with van der Waals surface area (Å²) in [6.07, 6.45) is 1.24. The van der Waals surface area contributed by atoms with Crippen LogP contribution in [-0.4, -0.2) is 32.9 Å². The summed E-state index contributed by atoms with van der Waals surface area (Å²) in [6.45, 7) is 0.695. The SMILES string of the molecule is C=S(=O)(c1ccc(F)cc1)N1CCCC1C(=O)NCc1ccc(Oc2cccc(C(F)(F)P)c2)cc1. The normalized spacial score (nSPS) is 17.9. The van der Waals surface area contributed by atoms with E-state index in [9.17, 15) is 22.2 Å². The molecule has 1 N–H and O–H groups in total. The fraction of sp³-hybridized carbons (Fsp3) is 0.231. The maximum Gasteiger partial charge on any atom is 0.284 e. The van der Waals surface area contributed by atoms with Gasteiger partial charge in [-0.25, -0.2) is 12.9 Å². The minimum absolute atomic E-state index is 0.170. The maximum absolute atomic E-state index is 13.5. The third kappa shape index (κ3) is 6.09. The zero-order chi connectivity index (χ0) is 25.9. The molecule has 1 saturated heterocycles. The average molecular weight is 535 g/mol. The van der Waals surface area contributed by atoms with E-state index in [-0.39, 0.29) is 23.8 Å². The average Bonchev–Trinajstić information content (AvgIpc) is 3.35. The number of alkyl halides is 2. The predicted octanol–water partition coefficient (Wildman–Crippen LogP) is 5.31. The van der Waals surface area contributed by atoms with Gasteiger partial charge in [-0.2, -0.15) is 8.78 Å². The summed E-state index contributed by atoms with van der Waals surface area (Å²) < 4.78 is 61.0. The topological polar surface area (TPSA) is 58.6 Å². The van der Waals surface area contributed by atoms with Crippen molar-refractivity contribution in [3.05, 3.63) is 89.7 Å². The molecule has 5 nitrogen and oxygen atoms in total. The lowest BCUT2D eigenvalue weighted by Crippen LogP contribution is -2.45. The standard InChI is InChI=1S/C26H26F3N2O3PS/c1-36(33,23-13-9-20(27)10-14-23)31-15-3-6-24(31)25(32)30-17-18-7-11-21(12-8-18)34-22-5-2-4-19(16-22)26(28,29)35/h2,4-5,7-14,16,24H,1,3,6,15,17,35H2,(H,30,32). The lowest BCUT2D eigenvalue weighted by molar-refractivity contribution is -0.124. The van der Waals surface area contributed by atoms with Gasteiger partial charge in [0, 0.05) is 23.5 Å². The number of ether oxygens (including phenoxy) is 1. The van der Waals surface area contributed by atoms with Crippen molar-refractivity contribution in [3.63, 3.8) is 0 Å². The monoisotopic (exact) mass is 534 g/mol. The molecule has 3 aromatic rings. The van der Waals surface area contributed by atoms with E-state index in [1.165, 1.54) is 51.7 Å². The smallest absolute Gasteiger partial charge is 0.284 e. The van der Waals surface area contributed by atoms with E-state index in [1.807, 2.05) is 0 Å². The van der Waals surface area contributed by atoms with E-state index in [0.29, 0.717) is 30.0 Å². The molecule has 3 unspecified atom stereocenters. The second-order valence-electron chi connectivity index (χ2n) is 8.51. The molecule has 0 aliphatic carbocycles. The van der Waals surface area contributed by atoms with Gasteiger partial charge < -0.3 is 10.1 Å². The molecular formula is C26H26F3N2O3PS. The number of nitrogens with zero attached hydrogens (tertiary/aromatic N) is 1. The number of nitrogens with one attached hydrogen (secondary N) is 1. The van der Waals surface area contributed by atoms with Crippen LogP contribution in [0, 0.1) is 5.82 Å². The van der Waals surface area contributed by atoms with Gasteiger partial charge in [0.05, 0.1) is 9.71 Å². The van der Waals surface area contributed by atoms with E-state index >= 15 is 0 Å². The highest BCUT2D eigenvalue weighted by atomic mass is 32.2. The highest BCUT2D eigenvalue weighted by Gasteiger charge is 2.36. The van der Waals surface area contributed by atoms with Crippen LogP contribution in [0.25, 0.3) is 0 Å². The van der Waals surface area contributed by atoms with Crippen LogP contribution < -0.4 is 10.1 Å². The molecular weight excluding hydrogens is 508 g/mol. The summed E-state index contributed by atoms with van der Waals surface area (Å²) in [5.74, 6) is 3.92. The van der Waals surface area contributed by atoms with Gasteiger partial charge in [-0.05, 0) is 72.8 Å². The number of hydrogen-bond acceptors (Lipinski definition) is 3. The first-order valence-corrected chi connectivity index (χ1v) is 13.5. The first kappa shape index (κ1) is 26.2. The Bertz CT molecular complexity index is 1330. The molecule has 36 heavy (non-hydrogen) atoms. The number of halogens is 3. The Morgan fingerprint density at radius 2 is 1.81 bits per heavy atom. The van der Waals surface area contributed by atoms with Gasteiger partial charge in [0.1, 0.15) is 23.4 Å². The van der Waals surface area contributed by atoms with Gasteiger partial charge in [-0.1, -0.05) is 33.5 Å². The summed E-state index contributed by atoms with van der Waals surface area (Å²) >= 11 is 0. The Labute approximate surface area is 211 Å². The number of carbonyl (C=O) groups excluding carboxylic acids is 1. The molecule has 3 aromatic carbocycles. The third-order valence-corrected chi connectivity index (χ3v) is 8.45. The van der Waals surface area contributed by atoms with Gasteiger partial charge in [-0.3, -0.25) is 4.79 Å². The Morgan fingerprint density at radius 3 is 2.47 bits per heavy atom. The van der Waals surface area contributed by atoms with Crippen molar-refractivity contribution in [1.29, 1.82) is 0 Å². The molecule has 0 radical (unpaired) electrons. The Kier molecular flexibility index (Phi) is 7.73. The molecule has 0 bridgehead atoms. The summed E-state index contributed by atoms with van der Waals surface area (Å²) in [4.78, 5) is 13.3. The second kappa shape index (κ2) is 10.6. The Morgan fingerprint density at radius 1 is 1.11 bits per heavy atom. The minimum Gasteiger partial charge on any atom is -0.457 e. The molecule has 1 heterocycles. The molecule has 4 rings (SSSR count). The van der Waals surface area contributed by atoms with Crippen LogP contribution in [0.1, 0.15) is 24.0 Å². The van der Waals surface area contributed by atoms with Crippen molar-refractivity contribution < 1.29 is 26.9 Å². The quantitative estimate of drug-likeness (QED) is 0.315. The molecule has 0 spiro atoms. The van der Waals surface area contributed by atoms with Gasteiger partial charge in [0.25, 0.3) is 5.66 Å². The highest BCUT2D eigenvalue weighted by Crippen LogP contribution is 2.37. The molecule has 0 aromatic heterocycles. The van der Waals surface area contributed by atoms with Gasteiger partial charge in [0.2, 0.25) is 5.91 Å². The largest absolute Gasteiger partial charge is 0.457 e. The number of hydrogen-bond donors (Lipinski definition) is 1.